The van der Waals surface area contributed by atoms with E-state index in [1.54, 1.807) is 20.0 Å². The van der Waals surface area contributed by atoms with Crippen molar-refractivity contribution < 1.29 is 9.18 Å². The largest absolute Gasteiger partial charge is 0.340 e. The maximum atomic E-state index is 13.7. The number of carbonyl (C=O) groups excluding carboxylic acids is 1. The molecular weight excluding hydrogens is 302 g/mol. The summed E-state index contributed by atoms with van der Waals surface area (Å²) < 4.78 is 13.7. The number of benzene rings is 1. The predicted octanol–water partition coefficient (Wildman–Crippen LogP) is 3.38. The first-order valence-electron chi connectivity index (χ1n) is 6.27. The standard InChI is InChI=1S/C14H20ClFN2O.ClH/c1-4-8-14(2,17)13(19)18(3)9-10-11(15)6-5-7-12(10)16;/h5-7H,4,8-9,17H2,1-3H3;1H. The molecule has 3 nitrogen and oxygen atoms in total. The molecule has 0 fully saturated rings. The van der Waals surface area contributed by atoms with E-state index in [1.807, 2.05) is 6.92 Å². The normalized spacial score (nSPS) is 13.3. The number of nitrogens with zero attached hydrogens (tertiary/aromatic N) is 1. The molecule has 20 heavy (non-hydrogen) atoms. The van der Waals surface area contributed by atoms with Gasteiger partial charge >= 0.3 is 0 Å². The number of rotatable bonds is 5. The van der Waals surface area contributed by atoms with E-state index in [4.69, 9.17) is 17.3 Å². The lowest BCUT2D eigenvalue weighted by molar-refractivity contribution is -0.135. The molecule has 6 heteroatoms. The summed E-state index contributed by atoms with van der Waals surface area (Å²) in [5, 5.41) is 0.314. The molecule has 0 spiro atoms. The summed E-state index contributed by atoms with van der Waals surface area (Å²) in [5.74, 6) is -0.630. The fourth-order valence-corrected chi connectivity index (χ4v) is 2.28. The number of hydrogen-bond donors (Lipinski definition) is 1. The number of likely N-dealkylation sites (N-methyl/N-ethyl adjacent to an activating group) is 1. The number of carbonyl (C=O) groups is 1. The van der Waals surface area contributed by atoms with Gasteiger partial charge in [-0.25, -0.2) is 4.39 Å². The van der Waals surface area contributed by atoms with Crippen molar-refractivity contribution in [3.8, 4) is 0 Å². The summed E-state index contributed by atoms with van der Waals surface area (Å²) in [5.41, 5.74) is 5.37. The molecule has 1 unspecified atom stereocenters. The van der Waals surface area contributed by atoms with Gasteiger partial charge in [0.25, 0.3) is 0 Å². The zero-order chi connectivity index (χ0) is 14.6. The second kappa shape index (κ2) is 7.81. The number of nitrogens with two attached hydrogens (primary N) is 1. The van der Waals surface area contributed by atoms with E-state index in [1.165, 1.54) is 17.0 Å². The van der Waals surface area contributed by atoms with Gasteiger partial charge in [0.15, 0.2) is 0 Å². The van der Waals surface area contributed by atoms with Gasteiger partial charge in [-0.2, -0.15) is 0 Å². The van der Waals surface area contributed by atoms with Gasteiger partial charge in [0.1, 0.15) is 5.82 Å². The van der Waals surface area contributed by atoms with Gasteiger partial charge in [-0.1, -0.05) is 31.0 Å². The van der Waals surface area contributed by atoms with Gasteiger partial charge in [-0.05, 0) is 25.5 Å². The molecular formula is C14H21Cl2FN2O. The molecule has 0 aliphatic rings. The minimum absolute atomic E-state index is 0. The fourth-order valence-electron chi connectivity index (χ4n) is 2.05. The summed E-state index contributed by atoms with van der Waals surface area (Å²) in [7, 11) is 1.60. The van der Waals surface area contributed by atoms with E-state index in [0.29, 0.717) is 17.0 Å². The van der Waals surface area contributed by atoms with Crippen molar-refractivity contribution in [3.63, 3.8) is 0 Å². The van der Waals surface area contributed by atoms with Gasteiger partial charge in [0, 0.05) is 24.2 Å². The van der Waals surface area contributed by atoms with Crippen LogP contribution >= 0.6 is 24.0 Å². The Hall–Kier alpha value is -0.840. The highest BCUT2D eigenvalue weighted by Crippen LogP contribution is 2.21. The fraction of sp³-hybridized carbons (Fsp3) is 0.500. The lowest BCUT2D eigenvalue weighted by Gasteiger charge is -2.29. The monoisotopic (exact) mass is 322 g/mol. The van der Waals surface area contributed by atoms with E-state index in [0.717, 1.165) is 6.42 Å². The van der Waals surface area contributed by atoms with E-state index in [2.05, 4.69) is 0 Å². The number of halogens is 3. The third-order valence-corrected chi connectivity index (χ3v) is 3.42. The molecule has 1 amide bonds. The zero-order valence-electron chi connectivity index (χ0n) is 12.0. The molecule has 1 aromatic carbocycles. The Morgan fingerprint density at radius 1 is 1.50 bits per heavy atom. The van der Waals surface area contributed by atoms with E-state index < -0.39 is 11.4 Å². The Morgan fingerprint density at radius 2 is 2.10 bits per heavy atom. The summed E-state index contributed by atoms with van der Waals surface area (Å²) in [4.78, 5) is 13.6. The van der Waals surface area contributed by atoms with Crippen molar-refractivity contribution in [1.82, 2.24) is 4.90 Å². The van der Waals surface area contributed by atoms with Gasteiger partial charge in [0.05, 0.1) is 5.54 Å². The molecule has 2 N–H and O–H groups in total. The summed E-state index contributed by atoms with van der Waals surface area (Å²) >= 11 is 5.94. The van der Waals surface area contributed by atoms with Crippen molar-refractivity contribution in [2.75, 3.05) is 7.05 Å². The first-order valence-corrected chi connectivity index (χ1v) is 6.64. The van der Waals surface area contributed by atoms with E-state index >= 15 is 0 Å². The Morgan fingerprint density at radius 3 is 2.60 bits per heavy atom. The molecule has 114 valence electrons. The molecule has 0 bridgehead atoms. The van der Waals surface area contributed by atoms with Crippen molar-refractivity contribution in [2.45, 2.75) is 38.8 Å². The van der Waals surface area contributed by atoms with Crippen LogP contribution in [0.25, 0.3) is 0 Å². The van der Waals surface area contributed by atoms with Crippen LogP contribution in [0.2, 0.25) is 5.02 Å². The van der Waals surface area contributed by atoms with Gasteiger partial charge < -0.3 is 10.6 Å². The minimum atomic E-state index is -0.929. The second-order valence-electron chi connectivity index (χ2n) is 5.03. The second-order valence-corrected chi connectivity index (χ2v) is 5.44. The highest BCUT2D eigenvalue weighted by atomic mass is 35.5. The molecule has 1 aromatic rings. The maximum Gasteiger partial charge on any atom is 0.242 e. The first kappa shape index (κ1) is 19.2. The highest BCUT2D eigenvalue weighted by Gasteiger charge is 2.30. The number of amides is 1. The van der Waals surface area contributed by atoms with Crippen molar-refractivity contribution >= 4 is 29.9 Å². The van der Waals surface area contributed by atoms with Gasteiger partial charge in [-0.15, -0.1) is 12.4 Å². The van der Waals surface area contributed by atoms with E-state index in [9.17, 15) is 9.18 Å². The van der Waals surface area contributed by atoms with Crippen LogP contribution in [0.4, 0.5) is 4.39 Å². The quantitative estimate of drug-likeness (QED) is 0.903. The Kier molecular flexibility index (Phi) is 7.49. The van der Waals surface area contributed by atoms with Gasteiger partial charge in [-0.3, -0.25) is 4.79 Å². The minimum Gasteiger partial charge on any atom is -0.340 e. The van der Waals surface area contributed by atoms with Crippen LogP contribution in [0, 0.1) is 5.82 Å². The summed E-state index contributed by atoms with van der Waals surface area (Å²) in [6.07, 6.45) is 1.40. The van der Waals surface area contributed by atoms with Crippen molar-refractivity contribution in [1.29, 1.82) is 0 Å². The molecule has 0 heterocycles. The molecule has 0 saturated carbocycles. The van der Waals surface area contributed by atoms with Crippen LogP contribution in [-0.4, -0.2) is 23.4 Å². The average Bonchev–Trinajstić information content (AvgIpc) is 2.32. The zero-order valence-corrected chi connectivity index (χ0v) is 13.5. The predicted molar refractivity (Wildman–Crippen MR) is 82.6 cm³/mol. The molecule has 0 saturated heterocycles. The van der Waals surface area contributed by atoms with Gasteiger partial charge in [0.2, 0.25) is 5.91 Å². The van der Waals surface area contributed by atoms with Crippen LogP contribution < -0.4 is 5.73 Å². The topological polar surface area (TPSA) is 46.3 Å². The van der Waals surface area contributed by atoms with Crippen LogP contribution in [0.3, 0.4) is 0 Å². The van der Waals surface area contributed by atoms with Crippen LogP contribution in [0.5, 0.6) is 0 Å². The summed E-state index contributed by atoms with van der Waals surface area (Å²) in [6, 6.07) is 4.46. The maximum absolute atomic E-state index is 13.7. The van der Waals surface area contributed by atoms with Crippen molar-refractivity contribution in [2.24, 2.45) is 5.73 Å². The first-order chi connectivity index (χ1) is 8.79. The molecule has 1 atom stereocenters. The third-order valence-electron chi connectivity index (χ3n) is 3.06. The third kappa shape index (κ3) is 4.62. The molecule has 0 radical (unpaired) electrons. The van der Waals surface area contributed by atoms with Crippen LogP contribution in [0.1, 0.15) is 32.3 Å². The summed E-state index contributed by atoms with van der Waals surface area (Å²) in [6.45, 7) is 3.77. The molecule has 1 rings (SSSR count). The lowest BCUT2D eigenvalue weighted by atomic mass is 9.95. The molecule has 0 aromatic heterocycles. The lowest BCUT2D eigenvalue weighted by Crippen LogP contribution is -2.51. The average molecular weight is 323 g/mol. The molecule has 0 aliphatic carbocycles. The SMILES string of the molecule is CCCC(C)(N)C(=O)N(C)Cc1c(F)cccc1Cl.Cl. The molecule has 0 aliphatic heterocycles. The number of hydrogen-bond acceptors (Lipinski definition) is 2. The van der Waals surface area contributed by atoms with Crippen LogP contribution in [0.15, 0.2) is 18.2 Å². The Labute approximate surface area is 130 Å². The Balaban J connectivity index is 0.00000361. The van der Waals surface area contributed by atoms with Crippen LogP contribution in [-0.2, 0) is 11.3 Å². The van der Waals surface area contributed by atoms with Crippen molar-refractivity contribution in [3.05, 3.63) is 34.6 Å². The van der Waals surface area contributed by atoms with E-state index in [-0.39, 0.29) is 24.9 Å². The Bertz CT molecular complexity index is 446. The smallest absolute Gasteiger partial charge is 0.242 e. The highest BCUT2D eigenvalue weighted by molar-refractivity contribution is 6.31.